The molecule has 2 saturated heterocycles. The van der Waals surface area contributed by atoms with Crippen molar-refractivity contribution in [2.75, 3.05) is 26.2 Å². The molecule has 0 aromatic heterocycles. The van der Waals surface area contributed by atoms with Crippen molar-refractivity contribution >= 4 is 53.0 Å². The molecule has 302 valence electrons. The molecule has 0 aliphatic carbocycles. The van der Waals surface area contributed by atoms with Gasteiger partial charge < -0.3 is 42.2 Å². The lowest BCUT2D eigenvalue weighted by Gasteiger charge is -2.27. The smallest absolute Gasteiger partial charge is 0.410 e. The number of amides is 5. The first-order valence-electron chi connectivity index (χ1n) is 18.8. The van der Waals surface area contributed by atoms with Crippen molar-refractivity contribution in [1.82, 2.24) is 25.8 Å². The summed E-state index contributed by atoms with van der Waals surface area (Å²) >= 11 is 0. The van der Waals surface area contributed by atoms with E-state index in [0.717, 1.165) is 11.3 Å². The molecule has 0 unspecified atom stereocenters. The van der Waals surface area contributed by atoms with Crippen LogP contribution in [-0.2, 0) is 35.3 Å². The number of carbonyl (C=O) groups is 6. The highest BCUT2D eigenvalue weighted by Gasteiger charge is 2.38. The largest absolute Gasteiger partial charge is 0.480 e. The Morgan fingerprint density at radius 3 is 2.04 bits per heavy atom. The Balaban J connectivity index is 1.27. The van der Waals surface area contributed by atoms with Crippen LogP contribution in [0.3, 0.4) is 0 Å². The van der Waals surface area contributed by atoms with Crippen LogP contribution < -0.4 is 27.4 Å². The van der Waals surface area contributed by atoms with Gasteiger partial charge in [0.1, 0.15) is 30.8 Å². The van der Waals surface area contributed by atoms with E-state index in [-0.39, 0.29) is 44.4 Å². The van der Waals surface area contributed by atoms with Crippen LogP contribution >= 0.6 is 0 Å². The molecular weight excluding hydrogens is 724 g/mol. The third-order valence-electron chi connectivity index (χ3n) is 9.32. The van der Waals surface area contributed by atoms with Crippen LogP contribution in [0.25, 0.3) is 0 Å². The third-order valence-corrected chi connectivity index (χ3v) is 9.32. The zero-order valence-electron chi connectivity index (χ0n) is 31.8. The Morgan fingerprint density at radius 2 is 1.43 bits per heavy atom. The van der Waals surface area contributed by atoms with Crippen molar-refractivity contribution in [3.8, 4) is 0 Å². The molecule has 2 heterocycles. The fourth-order valence-electron chi connectivity index (χ4n) is 6.48. The quantitative estimate of drug-likeness (QED) is 0.0557. The standard InChI is InChI=1S/C38H52N10O8/c1-24(2)21-29(33(50)42-22-32(49)47-19-7-12-30(47)34(51)43-28(36(53)54)11-6-18-41-37(39)40)44-35(52)31-13-8-20-48(31)38(55)56-23-25-14-16-27(17-15-25)46-45-26-9-4-3-5-10-26/h3-5,9-10,14-17,24,28-31H,6-8,11-13,18-23H2,1-2H3,(H,42,50)(H,43,51)(H,44,52)(H,53,54)(H4,39,40,41)/t28-,29-,30+,31-/m0/s1. The molecule has 8 N–H and O–H groups in total. The summed E-state index contributed by atoms with van der Waals surface area (Å²) in [6.45, 7) is 4.06. The maximum atomic E-state index is 13.5. The number of rotatable bonds is 18. The van der Waals surface area contributed by atoms with Gasteiger partial charge in [0.2, 0.25) is 23.6 Å². The lowest BCUT2D eigenvalue weighted by Crippen LogP contribution is -2.55. The van der Waals surface area contributed by atoms with Gasteiger partial charge in [-0.05, 0) is 80.7 Å². The van der Waals surface area contributed by atoms with E-state index < -0.39 is 66.4 Å². The van der Waals surface area contributed by atoms with Crippen molar-refractivity contribution in [3.05, 3.63) is 60.2 Å². The highest BCUT2D eigenvalue weighted by molar-refractivity contribution is 5.95. The Bertz CT molecular complexity index is 1730. The molecule has 18 nitrogen and oxygen atoms in total. The molecule has 0 saturated carbocycles. The average molecular weight is 777 g/mol. The molecule has 18 heteroatoms. The molecule has 4 rings (SSSR count). The van der Waals surface area contributed by atoms with Crippen LogP contribution in [0.15, 0.2) is 69.8 Å². The summed E-state index contributed by atoms with van der Waals surface area (Å²) in [5, 5.41) is 25.9. The first-order chi connectivity index (χ1) is 26.8. The Morgan fingerprint density at radius 1 is 0.839 bits per heavy atom. The number of nitrogens with zero attached hydrogens (tertiary/aromatic N) is 5. The van der Waals surface area contributed by atoms with Gasteiger partial charge >= 0.3 is 12.1 Å². The summed E-state index contributed by atoms with van der Waals surface area (Å²) in [6.07, 6.45) is 1.79. The molecule has 2 aromatic carbocycles. The molecule has 0 bridgehead atoms. The SMILES string of the molecule is CC(C)C[C@H](NC(=O)[C@@H]1CCCN1C(=O)OCc1ccc(N=Nc2ccccc2)cc1)C(=O)NCC(=O)N1CCC[C@@H]1C(=O)N[C@@H](CCCN=C(N)N)C(=O)O. The van der Waals surface area contributed by atoms with Crippen LogP contribution in [0, 0.1) is 5.92 Å². The van der Waals surface area contributed by atoms with Crippen LogP contribution in [-0.4, -0.2) is 107 Å². The van der Waals surface area contributed by atoms with E-state index in [2.05, 4.69) is 31.2 Å². The molecule has 4 atom stereocenters. The van der Waals surface area contributed by atoms with E-state index in [1.165, 1.54) is 9.80 Å². The summed E-state index contributed by atoms with van der Waals surface area (Å²) in [5.74, 6) is -3.60. The number of carbonyl (C=O) groups excluding carboxylic acids is 5. The topological polar surface area (TPSA) is 264 Å². The van der Waals surface area contributed by atoms with Crippen LogP contribution in [0.4, 0.5) is 16.2 Å². The summed E-state index contributed by atoms with van der Waals surface area (Å²) in [7, 11) is 0. The predicted octanol–water partition coefficient (Wildman–Crippen LogP) is 2.46. The number of nitrogens with two attached hydrogens (primary N) is 2. The number of nitrogens with one attached hydrogen (secondary N) is 3. The van der Waals surface area contributed by atoms with Crippen molar-refractivity contribution in [1.29, 1.82) is 0 Å². The second-order valence-electron chi connectivity index (χ2n) is 14.1. The number of aliphatic imine (C=N–C) groups is 1. The molecular formula is C38H52N10O8. The molecule has 0 radical (unpaired) electrons. The van der Waals surface area contributed by atoms with E-state index in [0.29, 0.717) is 44.3 Å². The molecule has 56 heavy (non-hydrogen) atoms. The van der Waals surface area contributed by atoms with Gasteiger partial charge in [0, 0.05) is 19.6 Å². The minimum absolute atomic E-state index is 0.00842. The van der Waals surface area contributed by atoms with Gasteiger partial charge in [-0.15, -0.1) is 0 Å². The third kappa shape index (κ3) is 13.1. The van der Waals surface area contributed by atoms with E-state index in [1.807, 2.05) is 44.2 Å². The van der Waals surface area contributed by atoms with E-state index in [1.54, 1.807) is 24.3 Å². The Kier molecular flexibility index (Phi) is 16.1. The first-order valence-corrected chi connectivity index (χ1v) is 18.8. The predicted molar refractivity (Wildman–Crippen MR) is 206 cm³/mol. The van der Waals surface area contributed by atoms with Crippen molar-refractivity contribution in [2.24, 2.45) is 32.6 Å². The van der Waals surface area contributed by atoms with Crippen molar-refractivity contribution in [2.45, 2.75) is 89.6 Å². The summed E-state index contributed by atoms with van der Waals surface area (Å²) < 4.78 is 5.54. The number of hydrogen-bond donors (Lipinski definition) is 6. The highest BCUT2D eigenvalue weighted by Crippen LogP contribution is 2.22. The van der Waals surface area contributed by atoms with Gasteiger partial charge in [-0.2, -0.15) is 10.2 Å². The monoisotopic (exact) mass is 776 g/mol. The zero-order valence-corrected chi connectivity index (χ0v) is 31.8. The normalized spacial score (nSPS) is 17.6. The fraction of sp³-hybridized carbons (Fsp3) is 0.500. The molecule has 2 aliphatic heterocycles. The minimum atomic E-state index is -1.23. The van der Waals surface area contributed by atoms with Gasteiger partial charge in [-0.25, -0.2) is 9.59 Å². The molecule has 2 fully saturated rings. The maximum Gasteiger partial charge on any atom is 0.410 e. The van der Waals surface area contributed by atoms with Gasteiger partial charge in [0.25, 0.3) is 0 Å². The fourth-order valence-corrected chi connectivity index (χ4v) is 6.48. The zero-order chi connectivity index (χ0) is 40.6. The molecule has 0 spiro atoms. The minimum Gasteiger partial charge on any atom is -0.480 e. The van der Waals surface area contributed by atoms with Gasteiger partial charge in [0.15, 0.2) is 5.96 Å². The number of aliphatic carboxylic acids is 1. The van der Waals surface area contributed by atoms with Gasteiger partial charge in [-0.3, -0.25) is 29.1 Å². The number of azo groups is 1. The van der Waals surface area contributed by atoms with Crippen molar-refractivity contribution in [3.63, 3.8) is 0 Å². The Labute approximate surface area is 325 Å². The van der Waals surface area contributed by atoms with Gasteiger partial charge in [0.05, 0.1) is 17.9 Å². The average Bonchev–Trinajstić information content (AvgIpc) is 3.88. The number of guanidine groups is 1. The molecule has 2 aromatic rings. The summed E-state index contributed by atoms with van der Waals surface area (Å²) in [4.78, 5) is 84.6. The summed E-state index contributed by atoms with van der Waals surface area (Å²) in [6, 6.07) is 12.4. The number of carboxylic acid groups (broad SMARTS) is 1. The lowest BCUT2D eigenvalue weighted by atomic mass is 10.0. The van der Waals surface area contributed by atoms with Crippen molar-refractivity contribution < 1.29 is 38.6 Å². The number of likely N-dealkylation sites (tertiary alicyclic amines) is 2. The highest BCUT2D eigenvalue weighted by atomic mass is 16.6. The van der Waals surface area contributed by atoms with E-state index in [4.69, 9.17) is 16.2 Å². The van der Waals surface area contributed by atoms with Crippen LogP contribution in [0.2, 0.25) is 0 Å². The maximum absolute atomic E-state index is 13.5. The number of benzene rings is 2. The van der Waals surface area contributed by atoms with Gasteiger partial charge in [-0.1, -0.05) is 44.2 Å². The van der Waals surface area contributed by atoms with E-state index >= 15 is 0 Å². The lowest BCUT2D eigenvalue weighted by molar-refractivity contribution is -0.144. The summed E-state index contributed by atoms with van der Waals surface area (Å²) in [5.41, 5.74) is 12.7. The second-order valence-corrected chi connectivity index (χ2v) is 14.1. The molecule has 5 amide bonds. The van der Waals surface area contributed by atoms with E-state index in [9.17, 15) is 33.9 Å². The van der Waals surface area contributed by atoms with Crippen LogP contribution in [0.1, 0.15) is 64.4 Å². The van der Waals surface area contributed by atoms with Crippen LogP contribution in [0.5, 0.6) is 0 Å². The first kappa shape index (κ1) is 42.7. The number of carboxylic acids is 1. The number of hydrogen-bond acceptors (Lipinski definition) is 10. The number of ether oxygens (including phenoxy) is 1. The molecule has 2 aliphatic rings. The Hall–Kier alpha value is -6.07. The second kappa shape index (κ2) is 21.1.